The zero-order valence-corrected chi connectivity index (χ0v) is 14.2. The smallest absolute Gasteiger partial charge is 0.397 e. The van der Waals surface area contributed by atoms with Gasteiger partial charge < -0.3 is 4.74 Å². The van der Waals surface area contributed by atoms with E-state index in [4.69, 9.17) is 0 Å². The summed E-state index contributed by atoms with van der Waals surface area (Å²) in [4.78, 5) is 8.36. The van der Waals surface area contributed by atoms with Crippen molar-refractivity contribution in [1.29, 1.82) is 0 Å². The van der Waals surface area contributed by atoms with Crippen LogP contribution in [-0.2, 0) is 12.8 Å². The van der Waals surface area contributed by atoms with Crippen LogP contribution in [0.2, 0.25) is 0 Å². The fraction of sp³-hybridized carbons (Fsp3) is 0.444. The van der Waals surface area contributed by atoms with E-state index in [1.54, 1.807) is 12.4 Å². The second-order valence-electron chi connectivity index (χ2n) is 5.90. The van der Waals surface area contributed by atoms with Crippen molar-refractivity contribution in [2.24, 2.45) is 0 Å². The van der Waals surface area contributed by atoms with Gasteiger partial charge in [-0.3, -0.25) is 0 Å². The first kappa shape index (κ1) is 20.1. The highest BCUT2D eigenvalue weighted by Crippen LogP contribution is 2.28. The van der Waals surface area contributed by atoms with E-state index in [0.29, 0.717) is 30.8 Å². The fourth-order valence-electron chi connectivity index (χ4n) is 2.36. The Bertz CT molecular complexity index is 699. The van der Waals surface area contributed by atoms with Crippen LogP contribution in [0.3, 0.4) is 0 Å². The molecule has 26 heavy (non-hydrogen) atoms. The summed E-state index contributed by atoms with van der Waals surface area (Å²) in [5, 5.41) is 0. The Morgan fingerprint density at radius 1 is 0.962 bits per heavy atom. The average Bonchev–Trinajstić information content (AvgIpc) is 2.58. The summed E-state index contributed by atoms with van der Waals surface area (Å²) in [6.07, 6.45) is 1.97. The van der Waals surface area contributed by atoms with Crippen LogP contribution < -0.4 is 4.74 Å². The van der Waals surface area contributed by atoms with Crippen LogP contribution in [0.25, 0.3) is 0 Å². The number of rotatable bonds is 9. The van der Waals surface area contributed by atoms with Crippen LogP contribution in [-0.4, -0.2) is 16.1 Å². The Labute approximate surface area is 148 Å². The second kappa shape index (κ2) is 8.91. The molecular formula is C18H19F5N2O. The van der Waals surface area contributed by atoms with Gasteiger partial charge in [0.2, 0.25) is 0 Å². The van der Waals surface area contributed by atoms with Gasteiger partial charge in [0.15, 0.2) is 17.5 Å². The van der Waals surface area contributed by atoms with E-state index in [-0.39, 0.29) is 6.42 Å². The molecule has 0 saturated heterocycles. The number of hydrogen-bond acceptors (Lipinski definition) is 3. The van der Waals surface area contributed by atoms with E-state index in [9.17, 15) is 22.0 Å². The fourth-order valence-corrected chi connectivity index (χ4v) is 2.36. The molecule has 142 valence electrons. The molecule has 0 amide bonds. The van der Waals surface area contributed by atoms with Gasteiger partial charge in [-0.05, 0) is 24.8 Å². The highest BCUT2D eigenvalue weighted by molar-refractivity contribution is 5.25. The van der Waals surface area contributed by atoms with Gasteiger partial charge in [-0.15, -0.1) is 0 Å². The minimum atomic E-state index is -3.62. The molecule has 1 heterocycles. The molecule has 8 heteroatoms. The van der Waals surface area contributed by atoms with Gasteiger partial charge in [0.05, 0.1) is 6.42 Å². The topological polar surface area (TPSA) is 35.0 Å². The van der Waals surface area contributed by atoms with Gasteiger partial charge in [0.25, 0.3) is 0 Å². The van der Waals surface area contributed by atoms with Gasteiger partial charge in [-0.1, -0.05) is 13.3 Å². The molecule has 1 aromatic heterocycles. The van der Waals surface area contributed by atoms with Crippen LogP contribution >= 0.6 is 0 Å². The molecule has 0 aliphatic heterocycles. The summed E-state index contributed by atoms with van der Waals surface area (Å²) in [7, 11) is 0. The van der Waals surface area contributed by atoms with E-state index < -0.39 is 35.7 Å². The summed E-state index contributed by atoms with van der Waals surface area (Å²) in [5.74, 6) is -5.09. The van der Waals surface area contributed by atoms with Crippen molar-refractivity contribution in [2.45, 2.75) is 51.6 Å². The van der Waals surface area contributed by atoms with E-state index in [1.807, 2.05) is 6.92 Å². The van der Waals surface area contributed by atoms with Gasteiger partial charge in [-0.25, -0.2) is 23.1 Å². The first-order valence-electron chi connectivity index (χ1n) is 8.32. The summed E-state index contributed by atoms with van der Waals surface area (Å²) < 4.78 is 70.7. The molecular weight excluding hydrogens is 355 g/mol. The second-order valence-corrected chi connectivity index (χ2v) is 5.90. The minimum Gasteiger partial charge on any atom is -0.432 e. The molecule has 0 unspecified atom stereocenters. The zero-order valence-electron chi connectivity index (χ0n) is 14.2. The van der Waals surface area contributed by atoms with Gasteiger partial charge in [0, 0.05) is 30.9 Å². The third kappa shape index (κ3) is 5.93. The van der Waals surface area contributed by atoms with Crippen LogP contribution in [0.5, 0.6) is 5.75 Å². The Morgan fingerprint density at radius 2 is 1.58 bits per heavy atom. The summed E-state index contributed by atoms with van der Waals surface area (Å²) in [5.41, 5.74) is 1.02. The number of alkyl halides is 2. The zero-order chi connectivity index (χ0) is 19.2. The molecule has 3 nitrogen and oxygen atoms in total. The van der Waals surface area contributed by atoms with E-state index >= 15 is 0 Å². The van der Waals surface area contributed by atoms with Crippen molar-refractivity contribution in [1.82, 2.24) is 9.97 Å². The van der Waals surface area contributed by atoms with Crippen LogP contribution in [0.1, 0.15) is 44.0 Å². The normalized spacial score (nSPS) is 11.6. The molecule has 0 radical (unpaired) electrons. The number of hydrogen-bond donors (Lipinski definition) is 0. The Balaban J connectivity index is 1.80. The molecule has 0 spiro atoms. The highest BCUT2D eigenvalue weighted by Gasteiger charge is 2.31. The van der Waals surface area contributed by atoms with Crippen molar-refractivity contribution in [3.8, 4) is 5.75 Å². The molecule has 0 N–H and O–H groups in total. The number of benzene rings is 1. The standard InChI is InChI=1S/C18H19F5N2O/c1-2-5-12-10-24-16(25-11-12)6-3-4-7-18(22,23)26-13-8-14(19)17(21)15(20)9-13/h8-11H,2-7H2,1H3. The maximum atomic E-state index is 13.7. The van der Waals surface area contributed by atoms with Crippen molar-refractivity contribution >= 4 is 0 Å². The number of aryl methyl sites for hydroxylation is 2. The van der Waals surface area contributed by atoms with Crippen LogP contribution in [0, 0.1) is 17.5 Å². The third-order valence-corrected chi connectivity index (χ3v) is 3.64. The number of ether oxygens (including phenoxy) is 1. The summed E-state index contributed by atoms with van der Waals surface area (Å²) in [6, 6.07) is 0.774. The number of aromatic nitrogens is 2. The first-order valence-corrected chi connectivity index (χ1v) is 8.32. The molecule has 0 aliphatic carbocycles. The van der Waals surface area contributed by atoms with E-state index in [0.717, 1.165) is 18.4 Å². The molecule has 0 saturated carbocycles. The molecule has 0 atom stereocenters. The largest absolute Gasteiger partial charge is 0.432 e. The van der Waals surface area contributed by atoms with Crippen molar-refractivity contribution in [3.05, 3.63) is 53.4 Å². The molecule has 0 bridgehead atoms. The predicted molar refractivity (Wildman–Crippen MR) is 85.5 cm³/mol. The Hall–Kier alpha value is -2.25. The summed E-state index contributed by atoms with van der Waals surface area (Å²) >= 11 is 0. The highest BCUT2D eigenvalue weighted by atomic mass is 19.3. The predicted octanol–water partition coefficient (Wildman–Crippen LogP) is 5.23. The number of unbranched alkanes of at least 4 members (excludes halogenated alkanes) is 1. The monoisotopic (exact) mass is 374 g/mol. The van der Waals surface area contributed by atoms with Crippen LogP contribution in [0.15, 0.2) is 24.5 Å². The lowest BCUT2D eigenvalue weighted by Crippen LogP contribution is -2.24. The lowest BCUT2D eigenvalue weighted by molar-refractivity contribution is -0.181. The average molecular weight is 374 g/mol. The van der Waals surface area contributed by atoms with Gasteiger partial charge >= 0.3 is 6.11 Å². The number of halogens is 5. The Morgan fingerprint density at radius 3 is 2.15 bits per heavy atom. The lowest BCUT2D eigenvalue weighted by Gasteiger charge is -2.18. The third-order valence-electron chi connectivity index (χ3n) is 3.64. The molecule has 1 aromatic carbocycles. The first-order chi connectivity index (χ1) is 12.3. The maximum Gasteiger partial charge on any atom is 0.397 e. The Kier molecular flexibility index (Phi) is 6.88. The van der Waals surface area contributed by atoms with Crippen molar-refractivity contribution < 1.29 is 26.7 Å². The van der Waals surface area contributed by atoms with Gasteiger partial charge in [0.1, 0.15) is 11.6 Å². The SMILES string of the molecule is CCCc1cnc(CCCCC(F)(F)Oc2cc(F)c(F)c(F)c2)nc1. The van der Waals surface area contributed by atoms with Crippen LogP contribution in [0.4, 0.5) is 22.0 Å². The number of nitrogens with zero attached hydrogens (tertiary/aromatic N) is 2. The van der Waals surface area contributed by atoms with Crippen molar-refractivity contribution in [2.75, 3.05) is 0 Å². The molecule has 2 aromatic rings. The molecule has 2 rings (SSSR count). The minimum absolute atomic E-state index is 0.0965. The summed E-state index contributed by atoms with van der Waals surface area (Å²) in [6.45, 7) is 2.05. The molecule has 0 aliphatic rings. The van der Waals surface area contributed by atoms with Crippen molar-refractivity contribution in [3.63, 3.8) is 0 Å². The maximum absolute atomic E-state index is 13.7. The van der Waals surface area contributed by atoms with E-state index in [1.165, 1.54) is 0 Å². The molecule has 0 fully saturated rings. The van der Waals surface area contributed by atoms with E-state index in [2.05, 4.69) is 14.7 Å². The quantitative estimate of drug-likeness (QED) is 0.342. The van der Waals surface area contributed by atoms with Gasteiger partial charge in [-0.2, -0.15) is 8.78 Å². The lowest BCUT2D eigenvalue weighted by atomic mass is 10.1.